The van der Waals surface area contributed by atoms with Crippen molar-refractivity contribution in [2.75, 3.05) is 20.0 Å². The maximum atomic E-state index is 12.4. The van der Waals surface area contributed by atoms with Crippen LogP contribution in [0.25, 0.3) is 33.1 Å². The van der Waals surface area contributed by atoms with Crippen LogP contribution in [-0.4, -0.2) is 43.9 Å². The number of aromatic amines is 1. The second-order valence-corrected chi connectivity index (χ2v) is 10.9. The highest BCUT2D eigenvalue weighted by Crippen LogP contribution is 2.45. The first kappa shape index (κ1) is 23.6. The second-order valence-electron chi connectivity index (χ2n) is 9.25. The Balaban J connectivity index is 1.80. The number of ether oxygens (including phenoxy) is 1. The van der Waals surface area contributed by atoms with E-state index < -0.39 is 16.1 Å². The van der Waals surface area contributed by atoms with Crippen molar-refractivity contribution < 1.29 is 22.1 Å². The minimum atomic E-state index is -3.58. The molecule has 1 aliphatic rings. The van der Waals surface area contributed by atoms with Gasteiger partial charge in [0.15, 0.2) is 0 Å². The fraction of sp³-hybridized carbons (Fsp3) is 0.370. The number of aromatic nitrogens is 2. The minimum Gasteiger partial charge on any atom is -0.465 e. The Kier molecular flexibility index (Phi) is 6.42. The molecule has 184 valence electrons. The van der Waals surface area contributed by atoms with Crippen LogP contribution >= 0.6 is 0 Å². The van der Waals surface area contributed by atoms with Crippen LogP contribution in [0.2, 0.25) is 0 Å². The maximum absolute atomic E-state index is 12.4. The standard InChI is InChI=1S/C27H30N2O5S/c1-33-27(30)20-11-12-21-23(17-20)29(15-16-34-35(2,31)32)26(24(21)18-7-4-3-5-8-18)22-10-6-9-19-13-14-28-25(19)22/h6,9-14,17-18,28H,3-5,7-8,15-16H2,1-2H3. The fourth-order valence-electron chi connectivity index (χ4n) is 5.51. The Hall–Kier alpha value is -3.10. The molecule has 5 rings (SSSR count). The van der Waals surface area contributed by atoms with Crippen LogP contribution in [0, 0.1) is 0 Å². The summed E-state index contributed by atoms with van der Waals surface area (Å²) in [7, 11) is -2.21. The van der Waals surface area contributed by atoms with Gasteiger partial charge in [-0.1, -0.05) is 43.5 Å². The van der Waals surface area contributed by atoms with Crippen molar-refractivity contribution in [2.45, 2.75) is 44.6 Å². The van der Waals surface area contributed by atoms with E-state index in [-0.39, 0.29) is 6.61 Å². The van der Waals surface area contributed by atoms with Gasteiger partial charge in [0.25, 0.3) is 10.1 Å². The lowest BCUT2D eigenvalue weighted by Crippen LogP contribution is -2.12. The van der Waals surface area contributed by atoms with Gasteiger partial charge in [0.2, 0.25) is 0 Å². The van der Waals surface area contributed by atoms with Crippen molar-refractivity contribution in [3.05, 3.63) is 59.8 Å². The van der Waals surface area contributed by atoms with Gasteiger partial charge in [0.1, 0.15) is 0 Å². The summed E-state index contributed by atoms with van der Waals surface area (Å²) in [5.74, 6) is -0.0215. The summed E-state index contributed by atoms with van der Waals surface area (Å²) in [6, 6.07) is 14.0. The van der Waals surface area contributed by atoms with Crippen LogP contribution in [0.3, 0.4) is 0 Å². The average Bonchev–Trinajstić information content (AvgIpc) is 3.46. The van der Waals surface area contributed by atoms with Gasteiger partial charge in [-0.3, -0.25) is 4.18 Å². The number of benzene rings is 2. The monoisotopic (exact) mass is 494 g/mol. The summed E-state index contributed by atoms with van der Waals surface area (Å²) in [5, 5.41) is 2.19. The quantitative estimate of drug-likeness (QED) is 0.267. The molecule has 2 aromatic heterocycles. The summed E-state index contributed by atoms with van der Waals surface area (Å²) < 4.78 is 35.7. The predicted octanol–water partition coefficient (Wildman–Crippen LogP) is 5.60. The molecule has 0 saturated heterocycles. The summed E-state index contributed by atoms with van der Waals surface area (Å²) in [6.07, 6.45) is 8.80. The predicted molar refractivity (Wildman–Crippen MR) is 137 cm³/mol. The minimum absolute atomic E-state index is 0.00285. The number of para-hydroxylation sites is 1. The number of carbonyl (C=O) groups excluding carboxylic acids is 1. The smallest absolute Gasteiger partial charge is 0.337 e. The molecule has 0 radical (unpaired) electrons. The maximum Gasteiger partial charge on any atom is 0.337 e. The first-order valence-corrected chi connectivity index (χ1v) is 13.8. The number of fused-ring (bicyclic) bond motifs is 2. The molecule has 7 nitrogen and oxygen atoms in total. The van der Waals surface area contributed by atoms with E-state index in [2.05, 4.69) is 21.7 Å². The van der Waals surface area contributed by atoms with E-state index in [9.17, 15) is 13.2 Å². The summed E-state index contributed by atoms with van der Waals surface area (Å²) >= 11 is 0. The molecule has 2 heterocycles. The van der Waals surface area contributed by atoms with E-state index in [1.807, 2.05) is 36.5 Å². The number of hydrogen-bond donors (Lipinski definition) is 1. The van der Waals surface area contributed by atoms with Crippen LogP contribution in [-0.2, 0) is 25.6 Å². The molecule has 0 atom stereocenters. The molecule has 4 aromatic rings. The van der Waals surface area contributed by atoms with Crippen molar-refractivity contribution >= 4 is 37.9 Å². The van der Waals surface area contributed by atoms with Crippen molar-refractivity contribution in [2.24, 2.45) is 0 Å². The topological polar surface area (TPSA) is 90.4 Å². The van der Waals surface area contributed by atoms with Crippen molar-refractivity contribution in [1.29, 1.82) is 0 Å². The van der Waals surface area contributed by atoms with Crippen LogP contribution in [0.15, 0.2) is 48.7 Å². The lowest BCUT2D eigenvalue weighted by molar-refractivity contribution is 0.0601. The Morgan fingerprint density at radius 2 is 1.91 bits per heavy atom. The van der Waals surface area contributed by atoms with Gasteiger partial charge in [-0.15, -0.1) is 0 Å². The third-order valence-electron chi connectivity index (χ3n) is 6.99. The molecule has 1 fully saturated rings. The molecule has 0 spiro atoms. The number of nitrogens with one attached hydrogen (secondary N) is 1. The number of methoxy groups -OCH3 is 1. The van der Waals surface area contributed by atoms with Gasteiger partial charge in [-0.2, -0.15) is 8.42 Å². The third-order valence-corrected chi connectivity index (χ3v) is 7.59. The van der Waals surface area contributed by atoms with E-state index in [4.69, 9.17) is 8.92 Å². The summed E-state index contributed by atoms with van der Waals surface area (Å²) in [4.78, 5) is 15.8. The number of nitrogens with zero attached hydrogens (tertiary/aromatic N) is 1. The van der Waals surface area contributed by atoms with E-state index >= 15 is 0 Å². The van der Waals surface area contributed by atoms with E-state index in [0.29, 0.717) is 18.0 Å². The lowest BCUT2D eigenvalue weighted by atomic mass is 9.81. The first-order valence-electron chi connectivity index (χ1n) is 12.0. The molecule has 1 aliphatic carbocycles. The van der Waals surface area contributed by atoms with Gasteiger partial charge >= 0.3 is 5.97 Å². The van der Waals surface area contributed by atoms with Crippen LogP contribution in [0.4, 0.5) is 0 Å². The molecule has 2 aromatic carbocycles. The van der Waals surface area contributed by atoms with Gasteiger partial charge in [0.05, 0.1) is 36.7 Å². The average molecular weight is 495 g/mol. The largest absolute Gasteiger partial charge is 0.465 e. The normalized spacial score (nSPS) is 15.1. The second kappa shape index (κ2) is 9.51. The Bertz CT molecular complexity index is 1490. The summed E-state index contributed by atoms with van der Waals surface area (Å²) in [6.45, 7) is 0.330. The van der Waals surface area contributed by atoms with Crippen LogP contribution < -0.4 is 0 Å². The molecule has 0 aliphatic heterocycles. The van der Waals surface area contributed by atoms with Crippen LogP contribution in [0.1, 0.15) is 53.9 Å². The van der Waals surface area contributed by atoms with Gasteiger partial charge in [-0.05, 0) is 42.5 Å². The van der Waals surface area contributed by atoms with Gasteiger partial charge < -0.3 is 14.3 Å². The number of carbonyl (C=O) groups is 1. The van der Waals surface area contributed by atoms with Crippen LogP contribution in [0.5, 0.6) is 0 Å². The number of H-pyrrole nitrogens is 1. The zero-order valence-corrected chi connectivity index (χ0v) is 20.9. The van der Waals surface area contributed by atoms with E-state index in [1.54, 1.807) is 0 Å². The van der Waals surface area contributed by atoms with E-state index in [0.717, 1.165) is 52.2 Å². The Morgan fingerprint density at radius 3 is 2.66 bits per heavy atom. The van der Waals surface area contributed by atoms with Crippen molar-refractivity contribution in [1.82, 2.24) is 9.55 Å². The Labute approximate surface area is 205 Å². The highest BCUT2D eigenvalue weighted by atomic mass is 32.2. The van der Waals surface area contributed by atoms with Gasteiger partial charge in [-0.25, -0.2) is 4.79 Å². The molecular formula is C27H30N2O5S. The highest BCUT2D eigenvalue weighted by molar-refractivity contribution is 7.85. The molecule has 0 unspecified atom stereocenters. The number of esters is 1. The molecule has 0 amide bonds. The molecule has 1 saturated carbocycles. The molecular weight excluding hydrogens is 464 g/mol. The zero-order chi connectivity index (χ0) is 24.6. The summed E-state index contributed by atoms with van der Waals surface area (Å²) in [5.41, 5.74) is 5.75. The molecule has 1 N–H and O–H groups in total. The lowest BCUT2D eigenvalue weighted by Gasteiger charge is -2.24. The Morgan fingerprint density at radius 1 is 1.11 bits per heavy atom. The SMILES string of the molecule is COC(=O)c1ccc2c(C3CCCCC3)c(-c3cccc4cc[nH]c34)n(CCOS(C)(=O)=O)c2c1. The van der Waals surface area contributed by atoms with E-state index in [1.165, 1.54) is 31.9 Å². The molecule has 35 heavy (non-hydrogen) atoms. The number of rotatable bonds is 7. The van der Waals surface area contributed by atoms with Gasteiger partial charge in [0, 0.05) is 34.6 Å². The number of hydrogen-bond acceptors (Lipinski definition) is 5. The molecule has 0 bridgehead atoms. The third kappa shape index (κ3) is 4.60. The first-order chi connectivity index (χ1) is 16.9. The molecule has 8 heteroatoms. The zero-order valence-electron chi connectivity index (χ0n) is 20.0. The van der Waals surface area contributed by atoms with Crippen molar-refractivity contribution in [3.8, 4) is 11.3 Å². The fourth-order valence-corrected chi connectivity index (χ4v) is 5.89. The highest BCUT2D eigenvalue weighted by Gasteiger charge is 2.28. The van der Waals surface area contributed by atoms with Crippen molar-refractivity contribution in [3.63, 3.8) is 0 Å².